The number of benzene rings is 1. The molecule has 0 radical (unpaired) electrons. The van der Waals surface area contributed by atoms with E-state index in [1.54, 1.807) is 0 Å². The van der Waals surface area contributed by atoms with E-state index >= 15 is 0 Å². The predicted octanol–water partition coefficient (Wildman–Crippen LogP) is 2.99. The van der Waals surface area contributed by atoms with Crippen LogP contribution < -0.4 is 0 Å². The number of ether oxygens (including phenoxy) is 1. The zero-order valence-electron chi connectivity index (χ0n) is 15.4. The van der Waals surface area contributed by atoms with Crippen LogP contribution in [0.2, 0.25) is 0 Å². The quantitative estimate of drug-likeness (QED) is 0.675. The van der Waals surface area contributed by atoms with Gasteiger partial charge in [-0.2, -0.15) is 0 Å². The van der Waals surface area contributed by atoms with Gasteiger partial charge in [-0.05, 0) is 18.4 Å². The van der Waals surface area contributed by atoms with Crippen LogP contribution in [0.1, 0.15) is 50.5 Å². The van der Waals surface area contributed by atoms with Gasteiger partial charge in [-0.3, -0.25) is 0 Å². The summed E-state index contributed by atoms with van der Waals surface area (Å²) in [7, 11) is 4.49. The molecule has 1 N–H and O–H groups in total. The van der Waals surface area contributed by atoms with Crippen molar-refractivity contribution in [3.8, 4) is 0 Å². The summed E-state index contributed by atoms with van der Waals surface area (Å²) in [5, 5.41) is 11.5. The number of rotatable bonds is 4. The van der Waals surface area contributed by atoms with Crippen LogP contribution >= 0.6 is 0 Å². The van der Waals surface area contributed by atoms with Gasteiger partial charge in [0.2, 0.25) is 0 Å². The maximum Gasteiger partial charge on any atom is 0.343 e. The van der Waals surface area contributed by atoms with Gasteiger partial charge in [0.1, 0.15) is 6.04 Å². The highest BCUT2D eigenvalue weighted by Crippen LogP contribution is 2.46. The second-order valence-electron chi connectivity index (χ2n) is 8.72. The normalized spacial score (nSPS) is 33.3. The van der Waals surface area contributed by atoms with E-state index in [4.69, 9.17) is 4.74 Å². The van der Waals surface area contributed by atoms with Gasteiger partial charge in [0.15, 0.2) is 11.7 Å². The molecule has 2 saturated heterocycles. The van der Waals surface area contributed by atoms with Gasteiger partial charge in [-0.1, -0.05) is 43.2 Å². The molecule has 2 heterocycles. The van der Waals surface area contributed by atoms with Gasteiger partial charge in [-0.15, -0.1) is 0 Å². The zero-order valence-corrected chi connectivity index (χ0v) is 15.4. The Labute approximate surface area is 150 Å². The van der Waals surface area contributed by atoms with Gasteiger partial charge in [0.25, 0.3) is 0 Å². The van der Waals surface area contributed by atoms with Crippen LogP contribution in [-0.4, -0.2) is 47.8 Å². The summed E-state index contributed by atoms with van der Waals surface area (Å²) in [5.74, 6) is -0.466. The summed E-state index contributed by atoms with van der Waals surface area (Å²) in [6.07, 6.45) is 7.13. The van der Waals surface area contributed by atoms with E-state index in [2.05, 4.69) is 14.1 Å². The van der Waals surface area contributed by atoms with Gasteiger partial charge < -0.3 is 14.3 Å². The van der Waals surface area contributed by atoms with Crippen LogP contribution in [0.25, 0.3) is 0 Å². The fraction of sp³-hybridized carbons (Fsp3) is 0.667. The highest BCUT2D eigenvalue weighted by molar-refractivity contribution is 5.82. The highest BCUT2D eigenvalue weighted by atomic mass is 16.6. The molecule has 0 aromatic heterocycles. The SMILES string of the molecule is C[N+]1(C)C2CC[C@H]1[C@H](OC(=O)[C@](O)(c1ccccc1)C1CCCC1)C2. The number of carbonyl (C=O) groups excluding carboxylic acids is 1. The molecule has 2 bridgehead atoms. The molecule has 4 rings (SSSR count). The number of carbonyl (C=O) groups is 1. The molecule has 3 aliphatic rings. The zero-order chi connectivity index (χ0) is 17.7. The summed E-state index contributed by atoms with van der Waals surface area (Å²) in [6, 6.07) is 10.4. The largest absolute Gasteiger partial charge is 0.453 e. The molecule has 1 aromatic carbocycles. The number of hydrogen-bond donors (Lipinski definition) is 1. The van der Waals surface area contributed by atoms with Crippen LogP contribution in [0.15, 0.2) is 30.3 Å². The summed E-state index contributed by atoms with van der Waals surface area (Å²) in [4.78, 5) is 13.2. The van der Waals surface area contributed by atoms with Crippen LogP contribution in [-0.2, 0) is 15.1 Å². The minimum Gasteiger partial charge on any atom is -0.453 e. The lowest BCUT2D eigenvalue weighted by molar-refractivity contribution is -0.913. The maximum atomic E-state index is 13.2. The molecule has 4 atom stereocenters. The van der Waals surface area contributed by atoms with E-state index in [1.165, 1.54) is 6.42 Å². The van der Waals surface area contributed by atoms with Gasteiger partial charge >= 0.3 is 5.97 Å². The Morgan fingerprint density at radius 2 is 1.80 bits per heavy atom. The summed E-state index contributed by atoms with van der Waals surface area (Å²) in [5.41, 5.74) is -0.819. The lowest BCUT2D eigenvalue weighted by Gasteiger charge is -2.35. The fourth-order valence-corrected chi connectivity index (χ4v) is 5.64. The summed E-state index contributed by atoms with van der Waals surface area (Å²) in [6.45, 7) is 0. The first-order valence-corrected chi connectivity index (χ1v) is 9.76. The average Bonchev–Trinajstić information content (AvgIpc) is 3.30. The fourth-order valence-electron chi connectivity index (χ4n) is 5.64. The van der Waals surface area contributed by atoms with Crippen molar-refractivity contribution in [2.24, 2.45) is 5.92 Å². The van der Waals surface area contributed by atoms with Crippen molar-refractivity contribution < 1.29 is 19.1 Å². The van der Waals surface area contributed by atoms with E-state index in [0.717, 1.165) is 43.0 Å². The highest BCUT2D eigenvalue weighted by Gasteiger charge is 2.58. The molecule has 3 fully saturated rings. The van der Waals surface area contributed by atoms with Gasteiger partial charge in [0.05, 0.1) is 20.1 Å². The Balaban J connectivity index is 1.59. The van der Waals surface area contributed by atoms with Crippen molar-refractivity contribution in [2.45, 2.75) is 68.7 Å². The number of nitrogens with zero attached hydrogens (tertiary/aromatic N) is 1. The van der Waals surface area contributed by atoms with Gasteiger partial charge in [0, 0.05) is 25.2 Å². The second kappa shape index (κ2) is 6.10. The Morgan fingerprint density at radius 3 is 2.36 bits per heavy atom. The Hall–Kier alpha value is -1.39. The maximum absolute atomic E-state index is 13.2. The molecule has 2 aliphatic heterocycles. The molecular formula is C21H30NO3+. The number of likely N-dealkylation sites (N-methyl/N-ethyl adjacent to an activating group) is 1. The standard InChI is InChI=1S/C21H30NO3/c1-22(2)17-12-13-18(22)19(14-17)25-20(23)21(24,16-10-6-7-11-16)15-8-4-3-5-9-15/h3-5,8-9,16-19,24H,6-7,10-14H2,1-2H3/q+1/t17?,18-,19+,21-/m0/s1. The molecule has 4 heteroatoms. The molecule has 4 nitrogen and oxygen atoms in total. The van der Waals surface area contributed by atoms with Crippen LogP contribution in [0.3, 0.4) is 0 Å². The first-order valence-electron chi connectivity index (χ1n) is 9.76. The number of aliphatic hydroxyl groups is 1. The lowest BCUT2D eigenvalue weighted by Crippen LogP contribution is -2.49. The number of esters is 1. The minimum absolute atomic E-state index is 0.0384. The van der Waals surface area contributed by atoms with E-state index in [0.29, 0.717) is 17.6 Å². The Kier molecular flexibility index (Phi) is 4.16. The van der Waals surface area contributed by atoms with Crippen molar-refractivity contribution in [3.63, 3.8) is 0 Å². The molecule has 1 aromatic rings. The molecular weight excluding hydrogens is 314 g/mol. The molecule has 1 unspecified atom stereocenters. The average molecular weight is 344 g/mol. The molecule has 1 aliphatic carbocycles. The molecule has 0 spiro atoms. The molecule has 25 heavy (non-hydrogen) atoms. The van der Waals surface area contributed by atoms with Crippen molar-refractivity contribution in [2.75, 3.05) is 14.1 Å². The lowest BCUT2D eigenvalue weighted by atomic mass is 9.80. The van der Waals surface area contributed by atoms with Gasteiger partial charge in [-0.25, -0.2) is 4.79 Å². The number of fused-ring (bicyclic) bond motifs is 2. The molecule has 136 valence electrons. The van der Waals surface area contributed by atoms with E-state index in [-0.39, 0.29) is 12.0 Å². The Bertz CT molecular complexity index is 638. The summed E-state index contributed by atoms with van der Waals surface area (Å²) >= 11 is 0. The van der Waals surface area contributed by atoms with Crippen molar-refractivity contribution in [1.82, 2.24) is 0 Å². The number of quaternary nitrogens is 1. The first-order chi connectivity index (χ1) is 11.9. The monoisotopic (exact) mass is 344 g/mol. The predicted molar refractivity (Wildman–Crippen MR) is 95.7 cm³/mol. The first kappa shape index (κ1) is 17.0. The van der Waals surface area contributed by atoms with Crippen molar-refractivity contribution >= 4 is 5.97 Å². The third-order valence-corrected chi connectivity index (χ3v) is 7.25. The van der Waals surface area contributed by atoms with Crippen LogP contribution in [0.4, 0.5) is 0 Å². The van der Waals surface area contributed by atoms with Crippen LogP contribution in [0, 0.1) is 5.92 Å². The van der Waals surface area contributed by atoms with Crippen molar-refractivity contribution in [3.05, 3.63) is 35.9 Å². The molecule has 0 amide bonds. The van der Waals surface area contributed by atoms with E-state index in [9.17, 15) is 9.90 Å². The smallest absolute Gasteiger partial charge is 0.343 e. The topological polar surface area (TPSA) is 46.5 Å². The van der Waals surface area contributed by atoms with E-state index < -0.39 is 11.6 Å². The van der Waals surface area contributed by atoms with Crippen LogP contribution in [0.5, 0.6) is 0 Å². The second-order valence-corrected chi connectivity index (χ2v) is 8.72. The minimum atomic E-state index is -1.50. The third-order valence-electron chi connectivity index (χ3n) is 7.25. The number of hydrogen-bond acceptors (Lipinski definition) is 3. The molecule has 1 saturated carbocycles. The van der Waals surface area contributed by atoms with Crippen molar-refractivity contribution in [1.29, 1.82) is 0 Å². The Morgan fingerprint density at radius 1 is 1.12 bits per heavy atom. The van der Waals surface area contributed by atoms with E-state index in [1.807, 2.05) is 30.3 Å². The third kappa shape index (κ3) is 2.61. The summed E-state index contributed by atoms with van der Waals surface area (Å²) < 4.78 is 6.96.